The van der Waals surface area contributed by atoms with Crippen LogP contribution in [0.3, 0.4) is 0 Å². The number of hydrogen-bond donors (Lipinski definition) is 0. The van der Waals surface area contributed by atoms with Crippen molar-refractivity contribution in [1.82, 2.24) is 0 Å². The molecule has 0 heterocycles. The highest BCUT2D eigenvalue weighted by atomic mass is 15.2. The van der Waals surface area contributed by atoms with Gasteiger partial charge in [0.15, 0.2) is 0 Å². The third kappa shape index (κ3) is 11.5. The van der Waals surface area contributed by atoms with Crippen LogP contribution in [-0.4, -0.2) is 0 Å². The van der Waals surface area contributed by atoms with E-state index in [9.17, 15) is 0 Å². The van der Waals surface area contributed by atoms with Gasteiger partial charge in [0.05, 0.1) is 0 Å². The summed E-state index contributed by atoms with van der Waals surface area (Å²) in [6, 6.07) is 106. The minimum Gasteiger partial charge on any atom is -0.311 e. The number of hydrogen-bond acceptors (Lipinski definition) is 4. The van der Waals surface area contributed by atoms with Crippen molar-refractivity contribution in [3.05, 3.63) is 325 Å². The minimum absolute atomic E-state index is 1.09. The molecule has 4 nitrogen and oxygen atoms in total. The van der Waals surface area contributed by atoms with Gasteiger partial charge in [-0.25, -0.2) is 0 Å². The molecule has 0 saturated heterocycles. The molecule has 0 radical (unpaired) electrons. The fourth-order valence-electron chi connectivity index (χ4n) is 11.0. The lowest BCUT2D eigenvalue weighted by atomic mass is 10.0. The van der Waals surface area contributed by atoms with Gasteiger partial charge < -0.3 is 19.6 Å². The maximum Gasteiger partial charge on any atom is 0.0464 e. The van der Waals surface area contributed by atoms with Crippen molar-refractivity contribution in [2.75, 3.05) is 19.6 Å². The molecule has 12 rings (SSSR count). The molecule has 82 heavy (non-hydrogen) atoms. The average molecular weight is 1060 g/mol. The Morgan fingerprint density at radius 2 is 0.305 bits per heavy atom. The van der Waals surface area contributed by atoms with Crippen molar-refractivity contribution in [3.63, 3.8) is 0 Å². The van der Waals surface area contributed by atoms with Gasteiger partial charge in [-0.15, -0.1) is 0 Å². The van der Waals surface area contributed by atoms with Crippen LogP contribution in [0, 0.1) is 41.5 Å². The zero-order chi connectivity index (χ0) is 56.1. The van der Waals surface area contributed by atoms with E-state index in [1.165, 1.54) is 44.5 Å². The van der Waals surface area contributed by atoms with E-state index in [-0.39, 0.29) is 0 Å². The molecule has 0 N–H and O–H groups in total. The second-order valence-electron chi connectivity index (χ2n) is 21.6. The van der Waals surface area contributed by atoms with Gasteiger partial charge in [0.1, 0.15) is 0 Å². The molecule has 0 amide bonds. The first kappa shape index (κ1) is 52.5. The van der Waals surface area contributed by atoms with Gasteiger partial charge in [-0.3, -0.25) is 0 Å². The first-order chi connectivity index (χ1) is 40.1. The summed E-state index contributed by atoms with van der Waals surface area (Å²) in [5, 5.41) is 0. The lowest BCUT2D eigenvalue weighted by Gasteiger charge is -2.27. The highest BCUT2D eigenvalue weighted by Crippen LogP contribution is 2.42. The fourth-order valence-corrected chi connectivity index (χ4v) is 11.0. The Balaban J connectivity index is 0.785. The van der Waals surface area contributed by atoms with E-state index in [0.29, 0.717) is 0 Å². The van der Waals surface area contributed by atoms with Crippen LogP contribution in [0.15, 0.2) is 291 Å². The van der Waals surface area contributed by atoms with Crippen LogP contribution in [-0.2, 0) is 0 Å². The number of nitrogens with zero attached hydrogens (tertiary/aromatic N) is 4. The molecule has 0 unspecified atom stereocenters. The first-order valence-electron chi connectivity index (χ1n) is 28.3. The Bertz CT molecular complexity index is 4050. The molecule has 12 aromatic carbocycles. The van der Waals surface area contributed by atoms with Crippen LogP contribution < -0.4 is 19.6 Å². The molecule has 0 aliphatic rings. The van der Waals surface area contributed by atoms with Crippen LogP contribution in [0.4, 0.5) is 68.2 Å². The lowest BCUT2D eigenvalue weighted by molar-refractivity contribution is 1.26. The van der Waals surface area contributed by atoms with Crippen LogP contribution in [0.25, 0.3) is 33.4 Å². The summed E-state index contributed by atoms with van der Waals surface area (Å²) in [4.78, 5) is 9.34. The second kappa shape index (κ2) is 23.3. The molecule has 0 aliphatic carbocycles. The van der Waals surface area contributed by atoms with Crippen molar-refractivity contribution >= 4 is 68.2 Å². The molecular weight excluding hydrogens is 993 g/mol. The van der Waals surface area contributed by atoms with Crippen LogP contribution in [0.5, 0.6) is 0 Å². The SMILES string of the molecule is Cc1ccc(N(c2ccc(-c3ccc(N(c4ccc(C)cc4)c4ccc(-c5ccc(N(c6cccc(C)c6)c6cccc(C)c6)cc5)cc4)cc3)cc2)c2ccc(-c3ccc(N(c4ccc(C)cc4)c4cccc(C)c4)cc3)cc2)cc1. The Kier molecular flexibility index (Phi) is 14.9. The van der Waals surface area contributed by atoms with Gasteiger partial charge in [0.25, 0.3) is 0 Å². The third-order valence-corrected chi connectivity index (χ3v) is 15.4. The van der Waals surface area contributed by atoms with Crippen LogP contribution >= 0.6 is 0 Å². The Morgan fingerprint density at radius 3 is 0.488 bits per heavy atom. The molecule has 0 aromatic heterocycles. The second-order valence-corrected chi connectivity index (χ2v) is 21.6. The topological polar surface area (TPSA) is 13.0 Å². The maximum absolute atomic E-state index is 2.34. The first-order valence-corrected chi connectivity index (χ1v) is 28.3. The molecular formula is C78H66N4. The van der Waals surface area contributed by atoms with E-state index in [0.717, 1.165) is 90.5 Å². The summed E-state index contributed by atoms with van der Waals surface area (Å²) in [7, 11) is 0. The molecule has 0 atom stereocenters. The molecule has 0 spiro atoms. The average Bonchev–Trinajstić information content (AvgIpc) is 3.52. The monoisotopic (exact) mass is 1060 g/mol. The van der Waals surface area contributed by atoms with Crippen molar-refractivity contribution in [2.45, 2.75) is 41.5 Å². The standard InChI is InChI=1S/C78H66N4/c1-55-16-34-67(35-17-55)79(72-44-26-63(27-45-72)65-30-48-74(49-31-65)81(69-38-20-57(3)21-39-69)76-13-7-10-58(4)52-76)70-40-22-61(23-41-70)62-24-42-71(43-25-62)80(68-36-18-56(2)19-37-68)73-46-28-64(29-47-73)66-32-50-75(51-33-66)82(77-14-8-11-59(5)53-77)78-15-9-12-60(6)54-78/h7-54H,1-6H3. The van der Waals surface area contributed by atoms with Gasteiger partial charge in [-0.1, -0.05) is 162 Å². The summed E-state index contributed by atoms with van der Waals surface area (Å²) >= 11 is 0. The summed E-state index contributed by atoms with van der Waals surface area (Å²) in [5.41, 5.74) is 27.7. The van der Waals surface area contributed by atoms with Crippen LogP contribution in [0.2, 0.25) is 0 Å². The smallest absolute Gasteiger partial charge is 0.0464 e. The van der Waals surface area contributed by atoms with E-state index in [1.54, 1.807) is 0 Å². The summed E-state index contributed by atoms with van der Waals surface area (Å²) in [5.74, 6) is 0. The van der Waals surface area contributed by atoms with Gasteiger partial charge >= 0.3 is 0 Å². The summed E-state index contributed by atoms with van der Waals surface area (Å²) in [6.45, 7) is 12.9. The van der Waals surface area contributed by atoms with E-state index in [1.807, 2.05) is 0 Å². The van der Waals surface area contributed by atoms with Crippen molar-refractivity contribution in [1.29, 1.82) is 0 Å². The van der Waals surface area contributed by atoms with Gasteiger partial charge in [-0.2, -0.15) is 0 Å². The summed E-state index contributed by atoms with van der Waals surface area (Å²) in [6.07, 6.45) is 0. The zero-order valence-corrected chi connectivity index (χ0v) is 47.5. The highest BCUT2D eigenvalue weighted by Gasteiger charge is 2.19. The molecule has 0 saturated carbocycles. The maximum atomic E-state index is 2.34. The minimum atomic E-state index is 1.09. The number of anilines is 12. The van der Waals surface area contributed by atoms with Gasteiger partial charge in [0.2, 0.25) is 0 Å². The quantitative estimate of drug-likeness (QED) is 0.101. The van der Waals surface area contributed by atoms with Crippen molar-refractivity contribution in [3.8, 4) is 33.4 Å². The largest absolute Gasteiger partial charge is 0.311 e. The fraction of sp³-hybridized carbons (Fsp3) is 0.0769. The van der Waals surface area contributed by atoms with Crippen molar-refractivity contribution in [2.24, 2.45) is 0 Å². The zero-order valence-electron chi connectivity index (χ0n) is 47.5. The molecule has 4 heteroatoms. The predicted molar refractivity (Wildman–Crippen MR) is 350 cm³/mol. The summed E-state index contributed by atoms with van der Waals surface area (Å²) < 4.78 is 0. The molecule has 0 fully saturated rings. The van der Waals surface area contributed by atoms with Gasteiger partial charge in [-0.05, 0) is 237 Å². The Morgan fingerprint density at radius 1 is 0.146 bits per heavy atom. The highest BCUT2D eigenvalue weighted by molar-refractivity contribution is 5.85. The van der Waals surface area contributed by atoms with E-state index in [2.05, 4.69) is 352 Å². The van der Waals surface area contributed by atoms with Gasteiger partial charge in [0, 0.05) is 68.2 Å². The molecule has 12 aromatic rings. The number of benzene rings is 12. The predicted octanol–water partition coefficient (Wildman–Crippen LogP) is 22.4. The van der Waals surface area contributed by atoms with Crippen molar-refractivity contribution < 1.29 is 0 Å². The van der Waals surface area contributed by atoms with E-state index >= 15 is 0 Å². The van der Waals surface area contributed by atoms with Crippen LogP contribution in [0.1, 0.15) is 33.4 Å². The molecule has 0 aliphatic heterocycles. The lowest BCUT2D eigenvalue weighted by Crippen LogP contribution is -2.10. The number of rotatable bonds is 15. The Labute approximate surface area is 484 Å². The Hall–Kier alpha value is -10.2. The normalized spacial score (nSPS) is 11.0. The molecule has 398 valence electrons. The number of aryl methyl sites for hydroxylation is 6. The van der Waals surface area contributed by atoms with E-state index < -0.39 is 0 Å². The molecule has 0 bridgehead atoms. The third-order valence-electron chi connectivity index (χ3n) is 15.4. The van der Waals surface area contributed by atoms with E-state index in [4.69, 9.17) is 0 Å².